The van der Waals surface area contributed by atoms with E-state index in [0.717, 1.165) is 18.1 Å². The van der Waals surface area contributed by atoms with E-state index in [-0.39, 0.29) is 6.09 Å². The quantitative estimate of drug-likeness (QED) is 0.923. The van der Waals surface area contributed by atoms with Crippen LogP contribution in [-0.2, 0) is 11.3 Å². The molecule has 1 heterocycles. The average Bonchev–Trinajstić information content (AvgIpc) is 3.14. The maximum atomic E-state index is 11.5. The Balaban J connectivity index is 0.00000106. The Kier molecular flexibility index (Phi) is 6.24. The van der Waals surface area contributed by atoms with Crippen LogP contribution < -0.4 is 5.32 Å². The molecule has 1 fully saturated rings. The Bertz CT molecular complexity index is 457. The molecule has 1 saturated carbocycles. The summed E-state index contributed by atoms with van der Waals surface area (Å²) in [5.74, 6) is 1.78. The van der Waals surface area contributed by atoms with Crippen LogP contribution in [-0.4, -0.2) is 27.8 Å². The number of alkyl carbamates (subject to hydrolysis) is 1. The van der Waals surface area contributed by atoms with E-state index < -0.39 is 5.60 Å². The van der Waals surface area contributed by atoms with E-state index in [9.17, 15) is 4.79 Å². The van der Waals surface area contributed by atoms with Crippen molar-refractivity contribution in [2.24, 2.45) is 0 Å². The predicted molar refractivity (Wildman–Crippen MR) is 84.5 cm³/mol. The molecule has 1 N–H and O–H groups in total. The SMILES string of the molecule is CC.Cc1cn(CCNC(=O)OC(C)(C)C)c(C2CC2)n1. The van der Waals surface area contributed by atoms with Gasteiger partial charge in [0.15, 0.2) is 0 Å². The minimum atomic E-state index is -0.450. The van der Waals surface area contributed by atoms with Gasteiger partial charge < -0.3 is 14.6 Å². The van der Waals surface area contributed by atoms with Crippen LogP contribution in [0.15, 0.2) is 6.20 Å². The van der Waals surface area contributed by atoms with Gasteiger partial charge >= 0.3 is 6.09 Å². The zero-order chi connectivity index (χ0) is 16.0. The molecule has 5 heteroatoms. The number of aryl methyl sites for hydroxylation is 1. The fourth-order valence-electron chi connectivity index (χ4n) is 2.00. The van der Waals surface area contributed by atoms with Crippen LogP contribution in [0, 0.1) is 6.92 Å². The van der Waals surface area contributed by atoms with Gasteiger partial charge in [0.25, 0.3) is 0 Å². The summed E-state index contributed by atoms with van der Waals surface area (Å²) in [7, 11) is 0. The minimum absolute atomic E-state index is 0.364. The van der Waals surface area contributed by atoms with Gasteiger partial charge in [-0.2, -0.15) is 0 Å². The van der Waals surface area contributed by atoms with Crippen molar-refractivity contribution in [3.8, 4) is 0 Å². The molecule has 0 aromatic carbocycles. The normalized spacial score (nSPS) is 14.2. The first-order chi connectivity index (χ1) is 9.85. The van der Waals surface area contributed by atoms with Gasteiger partial charge in [-0.1, -0.05) is 13.8 Å². The molecule has 1 aromatic rings. The third-order valence-corrected chi connectivity index (χ3v) is 2.89. The van der Waals surface area contributed by atoms with Crippen LogP contribution in [0.25, 0.3) is 0 Å². The van der Waals surface area contributed by atoms with Crippen LogP contribution in [0.4, 0.5) is 4.79 Å². The van der Waals surface area contributed by atoms with Crippen molar-refractivity contribution in [3.05, 3.63) is 17.7 Å². The minimum Gasteiger partial charge on any atom is -0.444 e. The summed E-state index contributed by atoms with van der Waals surface area (Å²) >= 11 is 0. The average molecular weight is 295 g/mol. The Morgan fingerprint density at radius 3 is 2.57 bits per heavy atom. The lowest BCUT2D eigenvalue weighted by atomic mass is 10.2. The summed E-state index contributed by atoms with van der Waals surface area (Å²) in [6, 6.07) is 0. The largest absolute Gasteiger partial charge is 0.444 e. The van der Waals surface area contributed by atoms with Crippen molar-refractivity contribution in [1.82, 2.24) is 14.9 Å². The molecule has 1 aliphatic carbocycles. The number of hydrogen-bond donors (Lipinski definition) is 1. The Hall–Kier alpha value is -1.52. The van der Waals surface area contributed by atoms with E-state index in [1.165, 1.54) is 12.8 Å². The van der Waals surface area contributed by atoms with Gasteiger partial charge in [0, 0.05) is 25.2 Å². The molecular formula is C16H29N3O2. The molecule has 0 bridgehead atoms. The summed E-state index contributed by atoms with van der Waals surface area (Å²) in [6.45, 7) is 12.9. The fourth-order valence-corrected chi connectivity index (χ4v) is 2.00. The van der Waals surface area contributed by atoms with E-state index in [2.05, 4.69) is 14.9 Å². The molecule has 0 radical (unpaired) electrons. The number of amides is 1. The fraction of sp³-hybridized carbons (Fsp3) is 0.750. The second-order valence-electron chi connectivity index (χ2n) is 6.14. The number of carbonyl (C=O) groups is 1. The lowest BCUT2D eigenvalue weighted by Gasteiger charge is -2.19. The van der Waals surface area contributed by atoms with Crippen LogP contribution in [0.2, 0.25) is 0 Å². The third kappa shape index (κ3) is 6.19. The highest BCUT2D eigenvalue weighted by Gasteiger charge is 2.28. The highest BCUT2D eigenvalue weighted by atomic mass is 16.6. The van der Waals surface area contributed by atoms with Gasteiger partial charge in [-0.05, 0) is 40.5 Å². The Morgan fingerprint density at radius 1 is 1.43 bits per heavy atom. The molecular weight excluding hydrogens is 266 g/mol. The number of nitrogens with zero attached hydrogens (tertiary/aromatic N) is 2. The second kappa shape index (κ2) is 7.48. The van der Waals surface area contributed by atoms with Gasteiger partial charge in [-0.25, -0.2) is 9.78 Å². The number of nitrogens with one attached hydrogen (secondary N) is 1. The number of hydrogen-bond acceptors (Lipinski definition) is 3. The van der Waals surface area contributed by atoms with Gasteiger partial charge in [-0.3, -0.25) is 0 Å². The van der Waals surface area contributed by atoms with Crippen molar-refractivity contribution < 1.29 is 9.53 Å². The molecule has 0 spiro atoms. The summed E-state index contributed by atoms with van der Waals surface area (Å²) in [5.41, 5.74) is 0.591. The molecule has 5 nitrogen and oxygen atoms in total. The summed E-state index contributed by atoms with van der Waals surface area (Å²) < 4.78 is 7.34. The summed E-state index contributed by atoms with van der Waals surface area (Å²) in [6.07, 6.45) is 4.15. The zero-order valence-corrected chi connectivity index (χ0v) is 14.2. The monoisotopic (exact) mass is 295 g/mol. The molecule has 0 aliphatic heterocycles. The third-order valence-electron chi connectivity index (χ3n) is 2.89. The zero-order valence-electron chi connectivity index (χ0n) is 14.2. The molecule has 0 unspecified atom stereocenters. The number of rotatable bonds is 4. The lowest BCUT2D eigenvalue weighted by Crippen LogP contribution is -2.34. The number of carbonyl (C=O) groups excluding carboxylic acids is 1. The van der Waals surface area contributed by atoms with Crippen LogP contribution in [0.1, 0.15) is 64.9 Å². The Labute approximate surface area is 128 Å². The predicted octanol–water partition coefficient (Wildman–Crippen LogP) is 3.62. The summed E-state index contributed by atoms with van der Waals surface area (Å²) in [4.78, 5) is 16.1. The first-order valence-electron chi connectivity index (χ1n) is 7.86. The number of aromatic nitrogens is 2. The molecule has 2 rings (SSSR count). The Morgan fingerprint density at radius 2 is 2.05 bits per heavy atom. The van der Waals surface area contributed by atoms with Crippen LogP contribution in [0.3, 0.4) is 0 Å². The maximum absolute atomic E-state index is 11.5. The molecule has 1 aliphatic rings. The molecule has 0 saturated heterocycles. The van der Waals surface area contributed by atoms with E-state index >= 15 is 0 Å². The molecule has 1 amide bonds. The van der Waals surface area contributed by atoms with Crippen LogP contribution >= 0.6 is 0 Å². The molecule has 120 valence electrons. The van der Waals surface area contributed by atoms with E-state index in [4.69, 9.17) is 4.74 Å². The molecule has 1 aromatic heterocycles. The van der Waals surface area contributed by atoms with Crippen molar-refractivity contribution in [2.45, 2.75) is 72.4 Å². The van der Waals surface area contributed by atoms with E-state index in [0.29, 0.717) is 12.5 Å². The van der Waals surface area contributed by atoms with E-state index in [1.54, 1.807) is 0 Å². The first-order valence-corrected chi connectivity index (χ1v) is 7.86. The van der Waals surface area contributed by atoms with Gasteiger partial charge in [0.1, 0.15) is 11.4 Å². The smallest absolute Gasteiger partial charge is 0.407 e. The van der Waals surface area contributed by atoms with Gasteiger partial charge in [-0.15, -0.1) is 0 Å². The second-order valence-corrected chi connectivity index (χ2v) is 6.14. The number of ether oxygens (including phenoxy) is 1. The van der Waals surface area contributed by atoms with Gasteiger partial charge in [0.05, 0.1) is 5.69 Å². The van der Waals surface area contributed by atoms with E-state index in [1.807, 2.05) is 47.7 Å². The van der Waals surface area contributed by atoms with Gasteiger partial charge in [0.2, 0.25) is 0 Å². The van der Waals surface area contributed by atoms with Crippen molar-refractivity contribution in [1.29, 1.82) is 0 Å². The topological polar surface area (TPSA) is 56.2 Å². The number of imidazole rings is 1. The highest BCUT2D eigenvalue weighted by Crippen LogP contribution is 2.39. The summed E-state index contributed by atoms with van der Waals surface area (Å²) in [5, 5.41) is 2.77. The van der Waals surface area contributed by atoms with Crippen molar-refractivity contribution in [2.75, 3.05) is 6.54 Å². The first kappa shape index (κ1) is 17.5. The molecule has 0 atom stereocenters. The van der Waals surface area contributed by atoms with Crippen molar-refractivity contribution >= 4 is 6.09 Å². The van der Waals surface area contributed by atoms with Crippen LogP contribution in [0.5, 0.6) is 0 Å². The van der Waals surface area contributed by atoms with Crippen molar-refractivity contribution in [3.63, 3.8) is 0 Å². The maximum Gasteiger partial charge on any atom is 0.407 e. The molecule has 21 heavy (non-hydrogen) atoms. The lowest BCUT2D eigenvalue weighted by molar-refractivity contribution is 0.0526. The standard InChI is InChI=1S/C14H23N3O2.C2H6/c1-10-9-17(12(16-10)11-5-6-11)8-7-15-13(18)19-14(2,3)4;1-2/h9,11H,5-8H2,1-4H3,(H,15,18);1-2H3. The highest BCUT2D eigenvalue weighted by molar-refractivity contribution is 5.67.